The average molecular weight is 428 g/mol. The zero-order chi connectivity index (χ0) is 22.3. The lowest BCUT2D eigenvalue weighted by Crippen LogP contribution is -2.45. The highest BCUT2D eigenvalue weighted by molar-refractivity contribution is 6.32. The number of nitrogens with one attached hydrogen (secondary N) is 1. The summed E-state index contributed by atoms with van der Waals surface area (Å²) in [5.41, 5.74) is 3.12. The fourth-order valence-corrected chi connectivity index (χ4v) is 4.19. The summed E-state index contributed by atoms with van der Waals surface area (Å²) in [5.74, 6) is 1.84. The third-order valence-corrected chi connectivity index (χ3v) is 5.91. The Morgan fingerprint density at radius 2 is 1.69 bits per heavy atom. The summed E-state index contributed by atoms with van der Waals surface area (Å²) in [6, 6.07) is 16.5. The zero-order valence-electron chi connectivity index (χ0n) is 19.3. The lowest BCUT2D eigenvalue weighted by atomic mass is 9.94. The fourth-order valence-electron chi connectivity index (χ4n) is 4.19. The molecule has 2 aromatic carbocycles. The quantitative estimate of drug-likeness (QED) is 0.416. The Balaban J connectivity index is 1.36. The molecule has 1 saturated heterocycles. The van der Waals surface area contributed by atoms with Gasteiger partial charge in [0.2, 0.25) is 0 Å². The molecule has 2 radical (unpaired) electrons. The van der Waals surface area contributed by atoms with E-state index in [1.165, 1.54) is 5.56 Å². The van der Waals surface area contributed by atoms with Crippen LogP contribution < -0.4 is 10.8 Å². The lowest BCUT2D eigenvalue weighted by Gasteiger charge is -2.34. The molecule has 0 amide bonds. The molecule has 1 N–H and O–H groups in total. The molecule has 1 fully saturated rings. The van der Waals surface area contributed by atoms with Gasteiger partial charge < -0.3 is 10.2 Å². The zero-order valence-corrected chi connectivity index (χ0v) is 19.3. The minimum Gasteiger partial charge on any atom is -0.369 e. The van der Waals surface area contributed by atoms with Crippen molar-refractivity contribution in [2.24, 2.45) is 0 Å². The number of nitrogens with zero attached hydrogens (tertiary/aromatic N) is 5. The molecule has 0 bridgehead atoms. The van der Waals surface area contributed by atoms with Crippen molar-refractivity contribution in [3.8, 4) is 0 Å². The van der Waals surface area contributed by atoms with Crippen molar-refractivity contribution in [1.29, 1.82) is 0 Å². The molecule has 0 atom stereocenters. The number of fused-ring (bicyclic) bond motifs is 1. The molecule has 3 aromatic rings. The molecule has 4 rings (SSSR count). The predicted molar refractivity (Wildman–Crippen MR) is 134 cm³/mol. The Morgan fingerprint density at radius 3 is 2.44 bits per heavy atom. The topological polar surface area (TPSA) is 47.5 Å². The number of hydrogen-bond acceptors (Lipinski definition) is 6. The number of hydrogen-bond donors (Lipinski definition) is 1. The minimum absolute atomic E-state index is 0.781. The standard InChI is InChI=1S/C25H33BN6/c1-30(2)12-6-11-27-25-22-9-3-4-10-23(22)28-24(29-25)19-32-15-13-31(14-16-32)18-20-7-5-8-21(26)17-20/h3-5,7-10,17H,6,11-16,18-19H2,1-2H3,(H,27,28,29). The molecule has 0 unspecified atom stereocenters. The highest BCUT2D eigenvalue weighted by Gasteiger charge is 2.19. The van der Waals surface area contributed by atoms with E-state index >= 15 is 0 Å². The van der Waals surface area contributed by atoms with E-state index in [0.29, 0.717) is 0 Å². The van der Waals surface area contributed by atoms with E-state index in [9.17, 15) is 0 Å². The first-order chi connectivity index (χ1) is 15.6. The van der Waals surface area contributed by atoms with Crippen LogP contribution in [0.4, 0.5) is 5.82 Å². The number of rotatable bonds is 9. The van der Waals surface area contributed by atoms with E-state index < -0.39 is 0 Å². The third-order valence-electron chi connectivity index (χ3n) is 5.91. The van der Waals surface area contributed by atoms with Crippen molar-refractivity contribution in [2.75, 3.05) is 58.7 Å². The Labute approximate surface area is 193 Å². The summed E-state index contributed by atoms with van der Waals surface area (Å²) < 4.78 is 0. The average Bonchev–Trinajstić information content (AvgIpc) is 2.78. The molecule has 2 heterocycles. The summed E-state index contributed by atoms with van der Waals surface area (Å²) in [7, 11) is 10.1. The lowest BCUT2D eigenvalue weighted by molar-refractivity contribution is 0.120. The first-order valence-corrected chi connectivity index (χ1v) is 11.5. The molecule has 166 valence electrons. The van der Waals surface area contributed by atoms with Gasteiger partial charge in [-0.05, 0) is 44.8 Å². The van der Waals surface area contributed by atoms with Crippen LogP contribution in [0, 0.1) is 0 Å². The highest BCUT2D eigenvalue weighted by Crippen LogP contribution is 2.21. The van der Waals surface area contributed by atoms with Gasteiger partial charge in [-0.15, -0.1) is 0 Å². The van der Waals surface area contributed by atoms with E-state index in [2.05, 4.69) is 64.4 Å². The molecule has 6 nitrogen and oxygen atoms in total. The van der Waals surface area contributed by atoms with Crippen molar-refractivity contribution in [1.82, 2.24) is 24.7 Å². The van der Waals surface area contributed by atoms with Crippen LogP contribution in [-0.2, 0) is 13.1 Å². The molecule has 1 aromatic heterocycles. The van der Waals surface area contributed by atoms with Crippen LogP contribution in [0.25, 0.3) is 10.9 Å². The molecule has 1 aliphatic rings. The largest absolute Gasteiger partial charge is 0.369 e. The summed E-state index contributed by atoms with van der Waals surface area (Å²) in [6.45, 7) is 7.81. The maximum atomic E-state index is 5.93. The van der Waals surface area contributed by atoms with Crippen LogP contribution in [0.5, 0.6) is 0 Å². The van der Waals surface area contributed by atoms with Gasteiger partial charge in [0.15, 0.2) is 0 Å². The second-order valence-electron chi connectivity index (χ2n) is 8.89. The maximum absolute atomic E-state index is 5.93. The minimum atomic E-state index is 0.781. The second-order valence-corrected chi connectivity index (χ2v) is 8.89. The van der Waals surface area contributed by atoms with Crippen molar-refractivity contribution >= 4 is 30.0 Å². The Kier molecular flexibility index (Phi) is 7.74. The van der Waals surface area contributed by atoms with Crippen LogP contribution >= 0.6 is 0 Å². The van der Waals surface area contributed by atoms with E-state index in [-0.39, 0.29) is 0 Å². The summed E-state index contributed by atoms with van der Waals surface area (Å²) in [5, 5.41) is 4.64. The molecule has 1 aliphatic heterocycles. The molecule has 0 aliphatic carbocycles. The molecular weight excluding hydrogens is 395 g/mol. The second kappa shape index (κ2) is 10.9. The van der Waals surface area contributed by atoms with Gasteiger partial charge in [-0.2, -0.15) is 0 Å². The number of piperazine rings is 1. The van der Waals surface area contributed by atoms with Gasteiger partial charge in [0.25, 0.3) is 0 Å². The normalized spacial score (nSPS) is 15.5. The SMILES string of the molecule is [B]c1cccc(CN2CCN(Cc3nc(NCCCN(C)C)c4ccccc4n3)CC2)c1. The van der Waals surface area contributed by atoms with Crippen molar-refractivity contribution in [3.05, 3.63) is 59.9 Å². The first-order valence-electron chi connectivity index (χ1n) is 11.5. The Bertz CT molecular complexity index is 1020. The van der Waals surface area contributed by atoms with E-state index in [1.54, 1.807) is 0 Å². The molecule has 32 heavy (non-hydrogen) atoms. The third kappa shape index (κ3) is 6.28. The molecule has 0 spiro atoms. The van der Waals surface area contributed by atoms with Gasteiger partial charge in [0, 0.05) is 44.7 Å². The van der Waals surface area contributed by atoms with Crippen molar-refractivity contribution in [3.63, 3.8) is 0 Å². The van der Waals surface area contributed by atoms with Crippen LogP contribution in [0.1, 0.15) is 17.8 Å². The van der Waals surface area contributed by atoms with Crippen molar-refractivity contribution < 1.29 is 0 Å². The maximum Gasteiger partial charge on any atom is 0.145 e. The van der Waals surface area contributed by atoms with Crippen LogP contribution in [0.3, 0.4) is 0 Å². The van der Waals surface area contributed by atoms with Gasteiger partial charge in [-0.3, -0.25) is 9.80 Å². The number of benzene rings is 2. The van der Waals surface area contributed by atoms with Crippen LogP contribution in [0.2, 0.25) is 0 Å². The summed E-state index contributed by atoms with van der Waals surface area (Å²) >= 11 is 0. The van der Waals surface area contributed by atoms with Gasteiger partial charge >= 0.3 is 0 Å². The van der Waals surface area contributed by atoms with Crippen LogP contribution in [-0.4, -0.2) is 85.9 Å². The van der Waals surface area contributed by atoms with Crippen molar-refractivity contribution in [2.45, 2.75) is 19.5 Å². The molecule has 0 saturated carbocycles. The van der Waals surface area contributed by atoms with E-state index in [1.807, 2.05) is 18.2 Å². The fraction of sp³-hybridized carbons (Fsp3) is 0.440. The number of aromatic nitrogens is 2. The van der Waals surface area contributed by atoms with E-state index in [4.69, 9.17) is 17.8 Å². The Hall–Kier alpha value is -2.48. The summed E-state index contributed by atoms with van der Waals surface area (Å²) in [6.07, 6.45) is 1.08. The van der Waals surface area contributed by atoms with Crippen LogP contribution in [0.15, 0.2) is 48.5 Å². The van der Waals surface area contributed by atoms with Gasteiger partial charge in [0.05, 0.1) is 12.1 Å². The number of anilines is 1. The smallest absolute Gasteiger partial charge is 0.145 e. The Morgan fingerprint density at radius 1 is 0.938 bits per heavy atom. The first kappa shape index (κ1) is 22.7. The van der Waals surface area contributed by atoms with Gasteiger partial charge in [-0.1, -0.05) is 41.9 Å². The molecular formula is C25H33BN6. The summed E-state index contributed by atoms with van der Waals surface area (Å²) in [4.78, 5) is 16.9. The monoisotopic (exact) mass is 428 g/mol. The van der Waals surface area contributed by atoms with Gasteiger partial charge in [-0.25, -0.2) is 9.97 Å². The molecule has 7 heteroatoms. The number of para-hydroxylation sites is 1. The highest BCUT2D eigenvalue weighted by atomic mass is 15.3. The van der Waals surface area contributed by atoms with Gasteiger partial charge in [0.1, 0.15) is 19.5 Å². The van der Waals surface area contributed by atoms with E-state index in [0.717, 1.165) is 86.8 Å². The predicted octanol–water partition coefficient (Wildman–Crippen LogP) is 2.10.